The third kappa shape index (κ3) is 3.52. The minimum Gasteiger partial charge on any atom is -0.480 e. The van der Waals surface area contributed by atoms with E-state index in [2.05, 4.69) is 5.32 Å². The molecule has 0 spiro atoms. The van der Waals surface area contributed by atoms with Crippen molar-refractivity contribution in [1.29, 1.82) is 0 Å². The number of aliphatic carboxylic acids is 1. The summed E-state index contributed by atoms with van der Waals surface area (Å²) in [5, 5.41) is 11.9. The van der Waals surface area contributed by atoms with Crippen LogP contribution in [-0.4, -0.2) is 46.9 Å². The van der Waals surface area contributed by atoms with Gasteiger partial charge in [0.05, 0.1) is 0 Å². The van der Waals surface area contributed by atoms with E-state index in [1.54, 1.807) is 32.2 Å². The number of benzene rings is 1. The Morgan fingerprint density at radius 3 is 2.74 bits per heavy atom. The number of carboxylic acid groups (broad SMARTS) is 1. The summed E-state index contributed by atoms with van der Waals surface area (Å²) in [6, 6.07) is 7.11. The number of carboxylic acids is 1. The first-order valence-corrected chi connectivity index (χ1v) is 7.73. The summed E-state index contributed by atoms with van der Waals surface area (Å²) >= 11 is 0. The van der Waals surface area contributed by atoms with Gasteiger partial charge in [-0.3, -0.25) is 9.59 Å². The van der Waals surface area contributed by atoms with Gasteiger partial charge in [-0.15, -0.1) is 0 Å². The first kappa shape index (κ1) is 17.0. The van der Waals surface area contributed by atoms with Crippen molar-refractivity contribution in [3.8, 4) is 0 Å². The fraction of sp³-hybridized carbons (Fsp3) is 0.471. The number of carbonyl (C=O) groups is 3. The number of nitrogens with one attached hydrogen (secondary N) is 1. The summed E-state index contributed by atoms with van der Waals surface area (Å²) in [6.07, 6.45) is 1.91. The largest absolute Gasteiger partial charge is 0.480 e. The number of hydrogen-bond acceptors (Lipinski definition) is 3. The number of amides is 2. The molecule has 1 saturated heterocycles. The third-order valence-electron chi connectivity index (χ3n) is 4.45. The number of carbonyl (C=O) groups excluding carboxylic acids is 2. The zero-order valence-electron chi connectivity index (χ0n) is 13.5. The molecule has 1 aromatic carbocycles. The highest BCUT2D eigenvalue weighted by Gasteiger charge is 2.45. The van der Waals surface area contributed by atoms with Crippen LogP contribution in [-0.2, 0) is 16.0 Å². The van der Waals surface area contributed by atoms with Crippen molar-refractivity contribution in [2.24, 2.45) is 0 Å². The number of rotatable bonds is 5. The topological polar surface area (TPSA) is 86.7 Å². The molecule has 0 bridgehead atoms. The number of hydrogen-bond donors (Lipinski definition) is 2. The number of likely N-dealkylation sites (tertiary alicyclic amines) is 1. The van der Waals surface area contributed by atoms with E-state index in [1.807, 2.05) is 6.07 Å². The van der Waals surface area contributed by atoms with Gasteiger partial charge in [-0.25, -0.2) is 4.79 Å². The Labute approximate surface area is 135 Å². The second-order valence-corrected chi connectivity index (χ2v) is 6.01. The van der Waals surface area contributed by atoms with E-state index in [-0.39, 0.29) is 18.2 Å². The van der Waals surface area contributed by atoms with Crippen molar-refractivity contribution >= 4 is 17.8 Å². The van der Waals surface area contributed by atoms with Crippen LogP contribution < -0.4 is 5.32 Å². The maximum absolute atomic E-state index is 12.4. The van der Waals surface area contributed by atoms with E-state index < -0.39 is 11.5 Å². The average molecular weight is 318 g/mol. The molecule has 0 radical (unpaired) electrons. The molecule has 2 rings (SSSR count). The normalized spacial score (nSPS) is 20.3. The Kier molecular flexibility index (Phi) is 5.03. The standard InChI is InChI=1S/C17H22N2O4/c1-17(16(22)23)9-4-10-19(17)14(20)8-7-12-5-3-6-13(11-12)15(21)18-2/h3,5-6,11H,4,7-10H2,1-2H3,(H,18,21)(H,22,23). The molecule has 1 aromatic rings. The van der Waals surface area contributed by atoms with E-state index in [4.69, 9.17) is 0 Å². The Balaban J connectivity index is 2.02. The highest BCUT2D eigenvalue weighted by Crippen LogP contribution is 2.30. The quantitative estimate of drug-likeness (QED) is 0.860. The fourth-order valence-corrected chi connectivity index (χ4v) is 2.98. The van der Waals surface area contributed by atoms with Gasteiger partial charge in [-0.1, -0.05) is 12.1 Å². The van der Waals surface area contributed by atoms with Crippen molar-refractivity contribution in [3.63, 3.8) is 0 Å². The van der Waals surface area contributed by atoms with Crippen LogP contribution in [0.5, 0.6) is 0 Å². The molecule has 2 N–H and O–H groups in total. The summed E-state index contributed by atoms with van der Waals surface area (Å²) in [6.45, 7) is 2.09. The lowest BCUT2D eigenvalue weighted by molar-refractivity contribution is -0.155. The van der Waals surface area contributed by atoms with Gasteiger partial charge in [0.15, 0.2) is 0 Å². The molecule has 1 aliphatic heterocycles. The summed E-state index contributed by atoms with van der Waals surface area (Å²) in [4.78, 5) is 36.9. The second-order valence-electron chi connectivity index (χ2n) is 6.01. The smallest absolute Gasteiger partial charge is 0.329 e. The minimum absolute atomic E-state index is 0.155. The van der Waals surface area contributed by atoms with E-state index in [9.17, 15) is 19.5 Å². The third-order valence-corrected chi connectivity index (χ3v) is 4.45. The zero-order chi connectivity index (χ0) is 17.0. The molecule has 2 amide bonds. The molecule has 1 unspecified atom stereocenters. The SMILES string of the molecule is CNC(=O)c1cccc(CCC(=O)N2CCCC2(C)C(=O)O)c1. The van der Waals surface area contributed by atoms with Gasteiger partial charge in [0.2, 0.25) is 5.91 Å². The van der Waals surface area contributed by atoms with Crippen LogP contribution in [0, 0.1) is 0 Å². The van der Waals surface area contributed by atoms with Gasteiger partial charge in [-0.05, 0) is 43.9 Å². The maximum Gasteiger partial charge on any atom is 0.329 e. The fourth-order valence-electron chi connectivity index (χ4n) is 2.98. The molecular formula is C17H22N2O4. The lowest BCUT2D eigenvalue weighted by Crippen LogP contribution is -2.50. The molecule has 1 aliphatic rings. The highest BCUT2D eigenvalue weighted by molar-refractivity contribution is 5.94. The molecule has 0 aromatic heterocycles. The molecule has 6 nitrogen and oxygen atoms in total. The molecule has 23 heavy (non-hydrogen) atoms. The highest BCUT2D eigenvalue weighted by atomic mass is 16.4. The predicted molar refractivity (Wildman–Crippen MR) is 85.1 cm³/mol. The van der Waals surface area contributed by atoms with Crippen LogP contribution in [0.1, 0.15) is 42.1 Å². The van der Waals surface area contributed by atoms with Crippen molar-refractivity contribution in [1.82, 2.24) is 10.2 Å². The maximum atomic E-state index is 12.4. The van der Waals surface area contributed by atoms with Crippen LogP contribution in [0.3, 0.4) is 0 Å². The van der Waals surface area contributed by atoms with E-state index in [1.165, 1.54) is 4.90 Å². The Hall–Kier alpha value is -2.37. The first-order valence-electron chi connectivity index (χ1n) is 7.73. The van der Waals surface area contributed by atoms with E-state index >= 15 is 0 Å². The van der Waals surface area contributed by atoms with Crippen LogP contribution >= 0.6 is 0 Å². The van der Waals surface area contributed by atoms with Gasteiger partial charge in [-0.2, -0.15) is 0 Å². The van der Waals surface area contributed by atoms with Gasteiger partial charge in [0, 0.05) is 25.6 Å². The van der Waals surface area contributed by atoms with Crippen LogP contribution in [0.25, 0.3) is 0 Å². The van der Waals surface area contributed by atoms with Gasteiger partial charge in [0.1, 0.15) is 5.54 Å². The van der Waals surface area contributed by atoms with Crippen LogP contribution in [0.4, 0.5) is 0 Å². The molecule has 6 heteroatoms. The van der Waals surface area contributed by atoms with Gasteiger partial charge >= 0.3 is 5.97 Å². The molecule has 1 heterocycles. The summed E-state index contributed by atoms with van der Waals surface area (Å²) in [7, 11) is 1.57. The summed E-state index contributed by atoms with van der Waals surface area (Å²) in [5.74, 6) is -1.28. The lowest BCUT2D eigenvalue weighted by atomic mass is 9.98. The monoisotopic (exact) mass is 318 g/mol. The van der Waals surface area contributed by atoms with Crippen molar-refractivity contribution < 1.29 is 19.5 Å². The molecule has 0 aliphatic carbocycles. The van der Waals surface area contributed by atoms with Crippen molar-refractivity contribution in [3.05, 3.63) is 35.4 Å². The Bertz CT molecular complexity index is 629. The van der Waals surface area contributed by atoms with Gasteiger partial charge < -0.3 is 15.3 Å². The Morgan fingerprint density at radius 1 is 1.35 bits per heavy atom. The lowest BCUT2D eigenvalue weighted by Gasteiger charge is -2.31. The van der Waals surface area contributed by atoms with Crippen LogP contribution in [0.2, 0.25) is 0 Å². The Morgan fingerprint density at radius 2 is 2.09 bits per heavy atom. The van der Waals surface area contributed by atoms with E-state index in [0.717, 1.165) is 5.56 Å². The summed E-state index contributed by atoms with van der Waals surface area (Å²) < 4.78 is 0. The summed E-state index contributed by atoms with van der Waals surface area (Å²) in [5.41, 5.74) is 0.339. The van der Waals surface area contributed by atoms with Gasteiger partial charge in [0.25, 0.3) is 5.91 Å². The number of aryl methyl sites for hydroxylation is 1. The molecule has 1 fully saturated rings. The molecular weight excluding hydrogens is 296 g/mol. The van der Waals surface area contributed by atoms with Crippen molar-refractivity contribution in [2.75, 3.05) is 13.6 Å². The van der Waals surface area contributed by atoms with E-state index in [0.29, 0.717) is 31.4 Å². The minimum atomic E-state index is -1.10. The second kappa shape index (κ2) is 6.81. The predicted octanol–water partition coefficient (Wildman–Crippen LogP) is 1.44. The zero-order valence-corrected chi connectivity index (χ0v) is 13.5. The molecule has 0 saturated carbocycles. The first-order chi connectivity index (χ1) is 10.9. The average Bonchev–Trinajstić information content (AvgIpc) is 2.95. The molecule has 124 valence electrons. The van der Waals surface area contributed by atoms with Crippen molar-refractivity contribution in [2.45, 2.75) is 38.1 Å². The van der Waals surface area contributed by atoms with Crippen LogP contribution in [0.15, 0.2) is 24.3 Å². The molecule has 1 atom stereocenters. The number of nitrogens with zero attached hydrogens (tertiary/aromatic N) is 1.